The summed E-state index contributed by atoms with van der Waals surface area (Å²) >= 11 is 5.85. The Labute approximate surface area is 109 Å². The Hall–Kier alpha value is -2.00. The molecule has 3 nitrogen and oxygen atoms in total. The zero-order valence-electron chi connectivity index (χ0n) is 9.76. The molecule has 2 heterocycles. The van der Waals surface area contributed by atoms with E-state index in [1.807, 2.05) is 31.2 Å². The molecule has 0 spiro atoms. The van der Waals surface area contributed by atoms with Gasteiger partial charge in [0.05, 0.1) is 23.6 Å². The molecule has 0 radical (unpaired) electrons. The topological polar surface area (TPSA) is 38.7 Å². The third-order valence-electron chi connectivity index (χ3n) is 2.73. The lowest BCUT2D eigenvalue weighted by atomic mass is 10.1. The fourth-order valence-corrected chi connectivity index (χ4v) is 2.02. The summed E-state index contributed by atoms with van der Waals surface area (Å²) in [6.45, 7) is 1.98. The second kappa shape index (κ2) is 4.35. The number of fused-ring (bicyclic) bond motifs is 1. The normalized spacial score (nSPS) is 10.8. The molecular formula is C14H10ClN3. The zero-order chi connectivity index (χ0) is 12.5. The summed E-state index contributed by atoms with van der Waals surface area (Å²) in [4.78, 5) is 12.8. The van der Waals surface area contributed by atoms with Crippen molar-refractivity contribution in [3.8, 4) is 11.3 Å². The molecule has 3 aromatic rings. The van der Waals surface area contributed by atoms with Crippen molar-refractivity contribution in [2.45, 2.75) is 6.92 Å². The standard InChI is InChI=1S/C14H10ClN3/c1-9-2-3-10-6-11(4-5-12(10)17-9)13-7-16-8-14(15)18-13/h2-8H,1H3. The van der Waals surface area contributed by atoms with Crippen LogP contribution >= 0.6 is 11.6 Å². The van der Waals surface area contributed by atoms with E-state index in [1.165, 1.54) is 6.20 Å². The summed E-state index contributed by atoms with van der Waals surface area (Å²) < 4.78 is 0. The first-order valence-corrected chi connectivity index (χ1v) is 5.95. The Kier molecular flexibility index (Phi) is 2.68. The van der Waals surface area contributed by atoms with Gasteiger partial charge in [-0.2, -0.15) is 0 Å². The molecule has 0 bridgehead atoms. The lowest BCUT2D eigenvalue weighted by Gasteiger charge is -2.03. The minimum atomic E-state index is 0.398. The van der Waals surface area contributed by atoms with E-state index in [0.29, 0.717) is 5.15 Å². The molecule has 4 heteroatoms. The minimum Gasteiger partial charge on any atom is -0.259 e. The van der Waals surface area contributed by atoms with Gasteiger partial charge in [-0.25, -0.2) is 4.98 Å². The van der Waals surface area contributed by atoms with Gasteiger partial charge in [0.25, 0.3) is 0 Å². The maximum atomic E-state index is 5.85. The van der Waals surface area contributed by atoms with Crippen LogP contribution in [0.15, 0.2) is 42.7 Å². The van der Waals surface area contributed by atoms with Gasteiger partial charge in [-0.3, -0.25) is 9.97 Å². The lowest BCUT2D eigenvalue weighted by Crippen LogP contribution is -1.88. The maximum Gasteiger partial charge on any atom is 0.148 e. The quantitative estimate of drug-likeness (QED) is 0.666. The van der Waals surface area contributed by atoms with Crippen molar-refractivity contribution >= 4 is 22.5 Å². The Morgan fingerprint density at radius 2 is 1.89 bits per heavy atom. The number of nitrogens with zero attached hydrogens (tertiary/aromatic N) is 3. The second-order valence-electron chi connectivity index (χ2n) is 4.09. The molecule has 0 unspecified atom stereocenters. The van der Waals surface area contributed by atoms with E-state index in [-0.39, 0.29) is 0 Å². The summed E-state index contributed by atoms with van der Waals surface area (Å²) in [7, 11) is 0. The van der Waals surface area contributed by atoms with Gasteiger partial charge in [0, 0.05) is 16.6 Å². The molecule has 0 aliphatic carbocycles. The van der Waals surface area contributed by atoms with Crippen LogP contribution in [0.2, 0.25) is 5.15 Å². The number of aryl methyl sites for hydroxylation is 1. The summed E-state index contributed by atoms with van der Waals surface area (Å²) in [5.41, 5.74) is 3.75. The number of aromatic nitrogens is 3. The molecular weight excluding hydrogens is 246 g/mol. The molecule has 2 aromatic heterocycles. The number of benzene rings is 1. The van der Waals surface area contributed by atoms with Gasteiger partial charge in [0.15, 0.2) is 0 Å². The molecule has 0 aliphatic heterocycles. The molecule has 1 aromatic carbocycles. The fourth-order valence-electron chi connectivity index (χ4n) is 1.87. The average Bonchev–Trinajstić information content (AvgIpc) is 2.38. The molecule has 0 fully saturated rings. The van der Waals surface area contributed by atoms with Crippen LogP contribution in [0.1, 0.15) is 5.69 Å². The van der Waals surface area contributed by atoms with E-state index in [9.17, 15) is 0 Å². The largest absolute Gasteiger partial charge is 0.259 e. The van der Waals surface area contributed by atoms with Gasteiger partial charge in [0.2, 0.25) is 0 Å². The van der Waals surface area contributed by atoms with E-state index < -0.39 is 0 Å². The Bertz CT molecular complexity index is 725. The highest BCUT2D eigenvalue weighted by atomic mass is 35.5. The van der Waals surface area contributed by atoms with Crippen LogP contribution in [0.3, 0.4) is 0 Å². The number of halogens is 1. The fraction of sp³-hybridized carbons (Fsp3) is 0.0714. The molecule has 0 atom stereocenters. The van der Waals surface area contributed by atoms with E-state index in [4.69, 9.17) is 11.6 Å². The highest BCUT2D eigenvalue weighted by Crippen LogP contribution is 2.22. The molecule has 0 saturated heterocycles. The van der Waals surface area contributed by atoms with Crippen molar-refractivity contribution in [3.63, 3.8) is 0 Å². The molecule has 0 aliphatic rings. The third kappa shape index (κ3) is 2.05. The molecule has 3 rings (SSSR count). The zero-order valence-corrected chi connectivity index (χ0v) is 10.5. The van der Waals surface area contributed by atoms with Gasteiger partial charge in [-0.1, -0.05) is 23.7 Å². The van der Waals surface area contributed by atoms with Gasteiger partial charge < -0.3 is 0 Å². The van der Waals surface area contributed by atoms with Gasteiger partial charge >= 0.3 is 0 Å². The SMILES string of the molecule is Cc1ccc2cc(-c3cncc(Cl)n3)ccc2n1. The first kappa shape index (κ1) is 11.1. The van der Waals surface area contributed by atoms with E-state index in [1.54, 1.807) is 6.20 Å². The van der Waals surface area contributed by atoms with E-state index in [2.05, 4.69) is 21.0 Å². The van der Waals surface area contributed by atoms with Gasteiger partial charge in [0.1, 0.15) is 5.15 Å². The van der Waals surface area contributed by atoms with Crippen LogP contribution in [-0.2, 0) is 0 Å². The second-order valence-corrected chi connectivity index (χ2v) is 4.47. The summed E-state index contributed by atoms with van der Waals surface area (Å²) in [5.74, 6) is 0. The molecule has 88 valence electrons. The van der Waals surface area contributed by atoms with Crippen molar-refractivity contribution in [2.24, 2.45) is 0 Å². The van der Waals surface area contributed by atoms with Crippen molar-refractivity contribution in [1.29, 1.82) is 0 Å². The lowest BCUT2D eigenvalue weighted by molar-refractivity contribution is 1.20. The first-order valence-electron chi connectivity index (χ1n) is 5.58. The van der Waals surface area contributed by atoms with Crippen molar-refractivity contribution in [1.82, 2.24) is 15.0 Å². The first-order chi connectivity index (χ1) is 8.72. The molecule has 0 amide bonds. The maximum absolute atomic E-state index is 5.85. The highest BCUT2D eigenvalue weighted by Gasteiger charge is 2.03. The third-order valence-corrected chi connectivity index (χ3v) is 2.91. The van der Waals surface area contributed by atoms with Crippen LogP contribution in [0.5, 0.6) is 0 Å². The van der Waals surface area contributed by atoms with Crippen LogP contribution in [-0.4, -0.2) is 15.0 Å². The Morgan fingerprint density at radius 3 is 2.72 bits per heavy atom. The summed E-state index contributed by atoms with van der Waals surface area (Å²) in [6, 6.07) is 10.1. The predicted octanol–water partition coefficient (Wildman–Crippen LogP) is 3.65. The molecule has 0 N–H and O–H groups in total. The van der Waals surface area contributed by atoms with E-state index in [0.717, 1.165) is 27.9 Å². The summed E-state index contributed by atoms with van der Waals surface area (Å²) in [6.07, 6.45) is 3.23. The number of rotatable bonds is 1. The molecule has 0 saturated carbocycles. The Balaban J connectivity index is 2.16. The van der Waals surface area contributed by atoms with Crippen molar-refractivity contribution < 1.29 is 0 Å². The van der Waals surface area contributed by atoms with Crippen LogP contribution in [0.25, 0.3) is 22.2 Å². The predicted molar refractivity (Wildman–Crippen MR) is 72.5 cm³/mol. The van der Waals surface area contributed by atoms with Crippen LogP contribution in [0, 0.1) is 6.92 Å². The number of hydrogen-bond donors (Lipinski definition) is 0. The monoisotopic (exact) mass is 255 g/mol. The average molecular weight is 256 g/mol. The summed E-state index contributed by atoms with van der Waals surface area (Å²) in [5, 5.41) is 1.48. The van der Waals surface area contributed by atoms with Crippen LogP contribution < -0.4 is 0 Å². The van der Waals surface area contributed by atoms with Crippen LogP contribution in [0.4, 0.5) is 0 Å². The van der Waals surface area contributed by atoms with Crippen molar-refractivity contribution in [3.05, 3.63) is 53.6 Å². The smallest absolute Gasteiger partial charge is 0.148 e. The Morgan fingerprint density at radius 1 is 1.00 bits per heavy atom. The molecule has 18 heavy (non-hydrogen) atoms. The van der Waals surface area contributed by atoms with E-state index >= 15 is 0 Å². The number of hydrogen-bond acceptors (Lipinski definition) is 3. The van der Waals surface area contributed by atoms with Gasteiger partial charge in [-0.15, -0.1) is 0 Å². The van der Waals surface area contributed by atoms with Gasteiger partial charge in [-0.05, 0) is 25.1 Å². The van der Waals surface area contributed by atoms with Crippen molar-refractivity contribution in [2.75, 3.05) is 0 Å². The number of pyridine rings is 1. The highest BCUT2D eigenvalue weighted by molar-refractivity contribution is 6.29. The minimum absolute atomic E-state index is 0.398.